The van der Waals surface area contributed by atoms with Crippen molar-refractivity contribution in [2.45, 2.75) is 20.8 Å². The lowest BCUT2D eigenvalue weighted by Crippen LogP contribution is -2.27. The van der Waals surface area contributed by atoms with E-state index < -0.39 is 5.41 Å². The Morgan fingerprint density at radius 3 is 2.53 bits per heavy atom. The van der Waals surface area contributed by atoms with Crippen LogP contribution in [0, 0.1) is 5.41 Å². The fourth-order valence-corrected chi connectivity index (χ4v) is 1.24. The molecule has 0 atom stereocenters. The van der Waals surface area contributed by atoms with Gasteiger partial charge in [0.1, 0.15) is 0 Å². The van der Waals surface area contributed by atoms with Gasteiger partial charge in [-0.3, -0.25) is 4.79 Å². The molecule has 1 rings (SSSR count). The average molecular weight is 258 g/mol. The van der Waals surface area contributed by atoms with Gasteiger partial charge in [0.25, 0.3) is 0 Å². The quantitative estimate of drug-likeness (QED) is 0.668. The van der Waals surface area contributed by atoms with Gasteiger partial charge in [-0.1, -0.05) is 32.4 Å². The SMILES string of the molecule is COOc1ccc(Cl)cc1NC(=O)C(C)(C)C. The zero-order chi connectivity index (χ0) is 13.1. The van der Waals surface area contributed by atoms with Crippen LogP contribution in [-0.2, 0) is 9.68 Å². The summed E-state index contributed by atoms with van der Waals surface area (Å²) in [6, 6.07) is 4.90. The van der Waals surface area contributed by atoms with Crippen molar-refractivity contribution in [3.05, 3.63) is 23.2 Å². The highest BCUT2D eigenvalue weighted by Gasteiger charge is 2.22. The Bertz CT molecular complexity index is 413. The predicted octanol–water partition coefficient (Wildman–Crippen LogP) is 3.26. The molecule has 0 radical (unpaired) electrons. The Labute approximate surface area is 106 Å². The van der Waals surface area contributed by atoms with Crippen molar-refractivity contribution in [2.75, 3.05) is 12.4 Å². The highest BCUT2D eigenvalue weighted by Crippen LogP contribution is 2.29. The van der Waals surface area contributed by atoms with Crippen molar-refractivity contribution in [3.63, 3.8) is 0 Å². The van der Waals surface area contributed by atoms with Gasteiger partial charge in [-0.05, 0) is 18.2 Å². The number of amides is 1. The number of rotatable bonds is 3. The third-order valence-corrected chi connectivity index (χ3v) is 2.28. The lowest BCUT2D eigenvalue weighted by molar-refractivity contribution is -0.177. The second kappa shape index (κ2) is 5.38. The third kappa shape index (κ3) is 3.91. The third-order valence-electron chi connectivity index (χ3n) is 2.04. The summed E-state index contributed by atoms with van der Waals surface area (Å²) in [6.45, 7) is 5.47. The summed E-state index contributed by atoms with van der Waals surface area (Å²) >= 11 is 5.87. The number of benzene rings is 1. The number of halogens is 1. The summed E-state index contributed by atoms with van der Waals surface area (Å²) in [5.74, 6) is 0.287. The van der Waals surface area contributed by atoms with Crippen LogP contribution in [0.4, 0.5) is 5.69 Å². The van der Waals surface area contributed by atoms with Crippen molar-refractivity contribution < 1.29 is 14.6 Å². The molecule has 94 valence electrons. The molecular formula is C12H16ClNO3. The Balaban J connectivity index is 2.96. The number of carbonyl (C=O) groups is 1. The van der Waals surface area contributed by atoms with E-state index in [9.17, 15) is 4.79 Å². The zero-order valence-corrected chi connectivity index (χ0v) is 11.1. The maximum absolute atomic E-state index is 11.9. The van der Waals surface area contributed by atoms with Crippen molar-refractivity contribution in [1.29, 1.82) is 0 Å². The summed E-state index contributed by atoms with van der Waals surface area (Å²) < 4.78 is 0. The lowest BCUT2D eigenvalue weighted by atomic mass is 9.95. The molecule has 0 spiro atoms. The molecule has 0 aliphatic carbocycles. The minimum atomic E-state index is -0.493. The molecule has 1 aromatic carbocycles. The Hall–Kier alpha value is -1.26. The van der Waals surface area contributed by atoms with Gasteiger partial charge in [-0.25, -0.2) is 0 Å². The van der Waals surface area contributed by atoms with E-state index in [2.05, 4.69) is 10.2 Å². The normalized spacial score (nSPS) is 11.1. The van der Waals surface area contributed by atoms with Gasteiger partial charge in [-0.2, -0.15) is 4.89 Å². The summed E-state index contributed by atoms with van der Waals surface area (Å²) in [5.41, 5.74) is -0.00795. The monoisotopic (exact) mass is 257 g/mol. The van der Waals surface area contributed by atoms with Crippen molar-refractivity contribution in [1.82, 2.24) is 0 Å². The maximum Gasteiger partial charge on any atom is 0.229 e. The summed E-state index contributed by atoms with van der Waals surface area (Å²) in [5, 5.41) is 3.26. The molecule has 0 saturated carbocycles. The maximum atomic E-state index is 11.9. The van der Waals surface area contributed by atoms with E-state index in [0.29, 0.717) is 16.5 Å². The van der Waals surface area contributed by atoms with Crippen LogP contribution >= 0.6 is 11.6 Å². The van der Waals surface area contributed by atoms with Crippen LogP contribution in [0.3, 0.4) is 0 Å². The second-order valence-corrected chi connectivity index (χ2v) is 5.03. The van der Waals surface area contributed by atoms with Crippen molar-refractivity contribution >= 4 is 23.2 Å². The molecule has 0 bridgehead atoms. The topological polar surface area (TPSA) is 47.6 Å². The molecule has 0 aliphatic rings. The molecule has 0 unspecified atom stereocenters. The fraction of sp³-hybridized carbons (Fsp3) is 0.417. The zero-order valence-electron chi connectivity index (χ0n) is 10.3. The Kier molecular flexibility index (Phi) is 4.37. The minimum absolute atomic E-state index is 0.124. The first-order valence-electron chi connectivity index (χ1n) is 5.16. The molecule has 1 N–H and O–H groups in total. The molecule has 0 fully saturated rings. The van der Waals surface area contributed by atoms with Crippen LogP contribution in [0.25, 0.3) is 0 Å². The van der Waals surface area contributed by atoms with Crippen LogP contribution in [0.2, 0.25) is 5.02 Å². The predicted molar refractivity (Wildman–Crippen MR) is 67.2 cm³/mol. The van der Waals surface area contributed by atoms with Crippen LogP contribution in [0.1, 0.15) is 20.8 Å². The highest BCUT2D eigenvalue weighted by molar-refractivity contribution is 6.31. The van der Waals surface area contributed by atoms with Crippen LogP contribution in [0.15, 0.2) is 18.2 Å². The Morgan fingerprint density at radius 1 is 1.35 bits per heavy atom. The van der Waals surface area contributed by atoms with Gasteiger partial charge in [0, 0.05) is 10.4 Å². The van der Waals surface area contributed by atoms with Gasteiger partial charge in [0.05, 0.1) is 12.8 Å². The Morgan fingerprint density at radius 2 is 2.00 bits per heavy atom. The van der Waals surface area contributed by atoms with Gasteiger partial charge < -0.3 is 10.2 Å². The molecule has 0 heterocycles. The van der Waals surface area contributed by atoms with E-state index in [0.717, 1.165) is 0 Å². The molecule has 1 aromatic rings. The number of hydrogen-bond acceptors (Lipinski definition) is 3. The van der Waals surface area contributed by atoms with E-state index in [-0.39, 0.29) is 5.91 Å². The number of nitrogens with one attached hydrogen (secondary N) is 1. The van der Waals surface area contributed by atoms with E-state index in [1.165, 1.54) is 7.11 Å². The molecule has 4 nitrogen and oxygen atoms in total. The van der Waals surface area contributed by atoms with Crippen LogP contribution in [0.5, 0.6) is 5.75 Å². The van der Waals surface area contributed by atoms with Crippen molar-refractivity contribution in [2.24, 2.45) is 5.41 Å². The largest absolute Gasteiger partial charge is 0.336 e. The van der Waals surface area contributed by atoms with E-state index in [1.807, 2.05) is 20.8 Å². The first-order valence-corrected chi connectivity index (χ1v) is 5.54. The first-order chi connectivity index (χ1) is 7.84. The summed E-state index contributed by atoms with van der Waals surface area (Å²) in [7, 11) is 1.39. The van der Waals surface area contributed by atoms with Gasteiger partial charge >= 0.3 is 0 Å². The minimum Gasteiger partial charge on any atom is -0.336 e. The number of anilines is 1. The highest BCUT2D eigenvalue weighted by atomic mass is 35.5. The summed E-state index contributed by atoms with van der Waals surface area (Å²) in [6.07, 6.45) is 0. The first kappa shape index (κ1) is 13.8. The molecule has 0 aliphatic heterocycles. The average Bonchev–Trinajstić information content (AvgIpc) is 2.21. The summed E-state index contributed by atoms with van der Waals surface area (Å²) in [4.78, 5) is 21.4. The van der Waals surface area contributed by atoms with Crippen molar-refractivity contribution in [3.8, 4) is 5.75 Å². The van der Waals surface area contributed by atoms with Crippen LogP contribution in [-0.4, -0.2) is 13.0 Å². The smallest absolute Gasteiger partial charge is 0.229 e. The molecule has 0 aromatic heterocycles. The second-order valence-electron chi connectivity index (χ2n) is 4.59. The molecular weight excluding hydrogens is 242 g/mol. The fourth-order valence-electron chi connectivity index (χ4n) is 1.07. The number of hydrogen-bond donors (Lipinski definition) is 1. The molecule has 5 heteroatoms. The van der Waals surface area contributed by atoms with Gasteiger partial charge in [-0.15, -0.1) is 0 Å². The van der Waals surface area contributed by atoms with Gasteiger partial charge in [0.2, 0.25) is 5.91 Å². The number of carbonyl (C=O) groups excluding carboxylic acids is 1. The van der Waals surface area contributed by atoms with E-state index in [4.69, 9.17) is 16.5 Å². The van der Waals surface area contributed by atoms with Crippen LogP contribution < -0.4 is 10.2 Å². The molecule has 17 heavy (non-hydrogen) atoms. The van der Waals surface area contributed by atoms with E-state index >= 15 is 0 Å². The molecule has 1 amide bonds. The molecule has 0 saturated heterocycles. The standard InChI is InChI=1S/C12H16ClNO3/c1-12(2,3)11(15)14-9-7-8(13)5-6-10(9)17-16-4/h5-7H,1-4H3,(H,14,15). The van der Waals surface area contributed by atoms with Gasteiger partial charge in [0.15, 0.2) is 5.75 Å². The lowest BCUT2D eigenvalue weighted by Gasteiger charge is -2.18. The van der Waals surface area contributed by atoms with E-state index in [1.54, 1.807) is 18.2 Å².